The summed E-state index contributed by atoms with van der Waals surface area (Å²) in [4.78, 5) is 25.8. The molecule has 172 valence electrons. The van der Waals surface area contributed by atoms with Gasteiger partial charge in [-0.05, 0) is 62.9 Å². The maximum absolute atomic E-state index is 13.1. The number of piperidine rings is 1. The lowest BCUT2D eigenvalue weighted by atomic mass is 10.1. The minimum atomic E-state index is -3.66. The predicted molar refractivity (Wildman–Crippen MR) is 125 cm³/mol. The summed E-state index contributed by atoms with van der Waals surface area (Å²) in [6.45, 7) is 6.64. The van der Waals surface area contributed by atoms with Crippen molar-refractivity contribution in [3.63, 3.8) is 0 Å². The largest absolute Gasteiger partial charge is 0.350 e. The number of aryl methyl sites for hydroxylation is 1. The summed E-state index contributed by atoms with van der Waals surface area (Å²) in [5, 5.41) is 5.69. The average molecular weight is 458 g/mol. The van der Waals surface area contributed by atoms with Crippen molar-refractivity contribution >= 4 is 27.5 Å². The SMILES string of the molecule is CC[C@H](C)NC(=O)c1ccccc1NC(=O)c1cc(S(=O)(=O)N2CCCCC2)ccc1C. The molecule has 1 aliphatic heterocycles. The van der Waals surface area contributed by atoms with Gasteiger partial charge in [-0.15, -0.1) is 0 Å². The minimum absolute atomic E-state index is 0.00479. The highest BCUT2D eigenvalue weighted by molar-refractivity contribution is 7.89. The Balaban J connectivity index is 1.86. The van der Waals surface area contributed by atoms with E-state index in [2.05, 4.69) is 10.6 Å². The van der Waals surface area contributed by atoms with Crippen LogP contribution in [0.5, 0.6) is 0 Å². The summed E-state index contributed by atoms with van der Waals surface area (Å²) in [5.41, 5.74) is 1.65. The molecule has 32 heavy (non-hydrogen) atoms. The van der Waals surface area contributed by atoms with E-state index >= 15 is 0 Å². The molecule has 1 saturated heterocycles. The maximum atomic E-state index is 13.1. The number of sulfonamides is 1. The van der Waals surface area contributed by atoms with Gasteiger partial charge in [0.05, 0.1) is 16.1 Å². The maximum Gasteiger partial charge on any atom is 0.255 e. The highest BCUT2D eigenvalue weighted by Gasteiger charge is 2.27. The summed E-state index contributed by atoms with van der Waals surface area (Å²) in [5.74, 6) is -0.726. The molecule has 2 aromatic carbocycles. The zero-order valence-corrected chi connectivity index (χ0v) is 19.7. The van der Waals surface area contributed by atoms with Crippen LogP contribution in [0.3, 0.4) is 0 Å². The van der Waals surface area contributed by atoms with Crippen LogP contribution in [0.2, 0.25) is 0 Å². The van der Waals surface area contributed by atoms with Crippen LogP contribution in [0.4, 0.5) is 5.69 Å². The summed E-state index contributed by atoms with van der Waals surface area (Å²) in [6, 6.07) is 11.4. The number of carbonyl (C=O) groups excluding carboxylic acids is 2. The third-order valence-electron chi connectivity index (χ3n) is 5.82. The van der Waals surface area contributed by atoms with E-state index in [1.54, 1.807) is 43.3 Å². The zero-order chi connectivity index (χ0) is 23.3. The van der Waals surface area contributed by atoms with Crippen LogP contribution in [0.1, 0.15) is 65.8 Å². The molecule has 0 bridgehead atoms. The zero-order valence-electron chi connectivity index (χ0n) is 18.8. The Hall–Kier alpha value is -2.71. The molecule has 2 N–H and O–H groups in total. The molecule has 1 heterocycles. The molecule has 2 amide bonds. The second kappa shape index (κ2) is 10.3. The van der Waals surface area contributed by atoms with Crippen LogP contribution in [0.15, 0.2) is 47.4 Å². The van der Waals surface area contributed by atoms with Crippen LogP contribution < -0.4 is 10.6 Å². The van der Waals surface area contributed by atoms with Crippen LogP contribution >= 0.6 is 0 Å². The lowest BCUT2D eigenvalue weighted by Gasteiger charge is -2.26. The van der Waals surface area contributed by atoms with Gasteiger partial charge in [-0.3, -0.25) is 9.59 Å². The molecule has 0 saturated carbocycles. The van der Waals surface area contributed by atoms with Crippen LogP contribution in [-0.4, -0.2) is 43.7 Å². The van der Waals surface area contributed by atoms with Crippen molar-refractivity contribution < 1.29 is 18.0 Å². The van der Waals surface area contributed by atoms with Crippen LogP contribution in [0.25, 0.3) is 0 Å². The molecule has 1 atom stereocenters. The van der Waals surface area contributed by atoms with Crippen molar-refractivity contribution in [2.24, 2.45) is 0 Å². The second-order valence-corrected chi connectivity index (χ2v) is 10.2. The molecular formula is C24H31N3O4S. The van der Waals surface area contributed by atoms with E-state index in [4.69, 9.17) is 0 Å². The Labute approximate surface area is 190 Å². The third-order valence-corrected chi connectivity index (χ3v) is 7.71. The van der Waals surface area contributed by atoms with Crippen molar-refractivity contribution in [2.45, 2.75) is 57.4 Å². The third kappa shape index (κ3) is 5.37. The number of rotatable bonds is 7. The van der Waals surface area contributed by atoms with Gasteiger partial charge in [-0.2, -0.15) is 4.31 Å². The van der Waals surface area contributed by atoms with E-state index in [1.165, 1.54) is 10.4 Å². The van der Waals surface area contributed by atoms with E-state index in [9.17, 15) is 18.0 Å². The van der Waals surface area contributed by atoms with E-state index in [1.807, 2.05) is 13.8 Å². The number of hydrogen-bond acceptors (Lipinski definition) is 4. The molecule has 1 aliphatic rings. The molecule has 7 nitrogen and oxygen atoms in total. The van der Waals surface area contributed by atoms with Crippen molar-refractivity contribution in [1.29, 1.82) is 0 Å². The smallest absolute Gasteiger partial charge is 0.255 e. The normalized spacial score (nSPS) is 15.7. The molecule has 2 aromatic rings. The first-order valence-corrected chi connectivity index (χ1v) is 12.5. The lowest BCUT2D eigenvalue weighted by molar-refractivity contribution is 0.0940. The average Bonchev–Trinajstić information content (AvgIpc) is 2.79. The number of para-hydroxylation sites is 1. The Morgan fingerprint density at radius 1 is 1.00 bits per heavy atom. The fourth-order valence-electron chi connectivity index (χ4n) is 3.64. The quantitative estimate of drug-likeness (QED) is 0.658. The number of nitrogens with one attached hydrogen (secondary N) is 2. The summed E-state index contributed by atoms with van der Waals surface area (Å²) < 4.78 is 27.6. The fourth-order valence-corrected chi connectivity index (χ4v) is 5.19. The Morgan fingerprint density at radius 2 is 1.69 bits per heavy atom. The molecule has 1 fully saturated rings. The number of hydrogen-bond donors (Lipinski definition) is 2. The number of nitrogens with zero attached hydrogens (tertiary/aromatic N) is 1. The van der Waals surface area contributed by atoms with Crippen molar-refractivity contribution in [3.05, 3.63) is 59.2 Å². The van der Waals surface area contributed by atoms with Crippen molar-refractivity contribution in [2.75, 3.05) is 18.4 Å². The Bertz CT molecular complexity index is 1090. The Kier molecular flexibility index (Phi) is 7.69. The van der Waals surface area contributed by atoms with Crippen LogP contribution in [-0.2, 0) is 10.0 Å². The van der Waals surface area contributed by atoms with Crippen molar-refractivity contribution in [1.82, 2.24) is 9.62 Å². The van der Waals surface area contributed by atoms with Gasteiger partial charge >= 0.3 is 0 Å². The minimum Gasteiger partial charge on any atom is -0.350 e. The molecular weight excluding hydrogens is 426 g/mol. The van der Waals surface area contributed by atoms with E-state index < -0.39 is 15.9 Å². The second-order valence-electron chi connectivity index (χ2n) is 8.22. The van der Waals surface area contributed by atoms with E-state index in [-0.39, 0.29) is 22.4 Å². The standard InChI is InChI=1S/C24H31N3O4S/c1-4-18(3)25-23(28)20-10-6-7-11-22(20)26-24(29)21-16-19(13-12-17(21)2)32(30,31)27-14-8-5-9-15-27/h6-7,10-13,16,18H,4-5,8-9,14-15H2,1-3H3,(H,25,28)(H,26,29)/t18-/m0/s1. The molecule has 0 radical (unpaired) electrons. The monoisotopic (exact) mass is 457 g/mol. The first kappa shape index (κ1) is 23.9. The fraction of sp³-hybridized carbons (Fsp3) is 0.417. The van der Waals surface area contributed by atoms with Gasteiger partial charge in [-0.25, -0.2) is 8.42 Å². The Morgan fingerprint density at radius 3 is 2.38 bits per heavy atom. The van der Waals surface area contributed by atoms with Gasteiger partial charge in [0.25, 0.3) is 11.8 Å². The summed E-state index contributed by atoms with van der Waals surface area (Å²) in [6.07, 6.45) is 3.50. The van der Waals surface area contributed by atoms with Gasteiger partial charge in [0.15, 0.2) is 0 Å². The topological polar surface area (TPSA) is 95.6 Å². The van der Waals surface area contributed by atoms with Gasteiger partial charge in [0.2, 0.25) is 10.0 Å². The molecule has 0 spiro atoms. The number of anilines is 1. The highest BCUT2D eigenvalue weighted by Crippen LogP contribution is 2.24. The van der Waals surface area contributed by atoms with E-state index in [0.29, 0.717) is 29.9 Å². The molecule has 0 aromatic heterocycles. The van der Waals surface area contributed by atoms with Gasteiger partial charge in [-0.1, -0.05) is 31.5 Å². The molecule has 0 aliphatic carbocycles. The number of benzene rings is 2. The summed E-state index contributed by atoms with van der Waals surface area (Å²) >= 11 is 0. The molecule has 0 unspecified atom stereocenters. The van der Waals surface area contributed by atoms with Gasteiger partial charge in [0, 0.05) is 24.7 Å². The molecule has 8 heteroatoms. The first-order valence-electron chi connectivity index (χ1n) is 11.1. The van der Waals surface area contributed by atoms with Gasteiger partial charge < -0.3 is 10.6 Å². The predicted octanol–water partition coefficient (Wildman–Crippen LogP) is 3.95. The highest BCUT2D eigenvalue weighted by atomic mass is 32.2. The van der Waals surface area contributed by atoms with Crippen molar-refractivity contribution in [3.8, 4) is 0 Å². The molecule has 3 rings (SSSR count). The van der Waals surface area contributed by atoms with Gasteiger partial charge in [0.1, 0.15) is 0 Å². The lowest BCUT2D eigenvalue weighted by Crippen LogP contribution is -2.35. The van der Waals surface area contributed by atoms with E-state index in [0.717, 1.165) is 25.7 Å². The number of amides is 2. The first-order chi connectivity index (χ1) is 15.2. The number of carbonyl (C=O) groups is 2. The van der Waals surface area contributed by atoms with Crippen LogP contribution in [0, 0.1) is 6.92 Å². The summed E-state index contributed by atoms with van der Waals surface area (Å²) in [7, 11) is -3.66.